The summed E-state index contributed by atoms with van der Waals surface area (Å²) < 4.78 is 0. The molecule has 3 rings (SSSR count). The molecule has 5 heteroatoms. The van der Waals surface area contributed by atoms with Gasteiger partial charge in [0.15, 0.2) is 0 Å². The van der Waals surface area contributed by atoms with Gasteiger partial charge in [-0.05, 0) is 36.2 Å². The number of hydrogen-bond acceptors (Lipinski definition) is 5. The number of aromatic nitrogens is 2. The molecule has 2 aromatic heterocycles. The number of thiophene rings is 1. The van der Waals surface area contributed by atoms with Crippen LogP contribution < -0.4 is 10.6 Å². The Morgan fingerprint density at radius 1 is 1.44 bits per heavy atom. The van der Waals surface area contributed by atoms with Crippen LogP contribution in [0.25, 0.3) is 10.2 Å². The molecule has 1 aliphatic heterocycles. The highest BCUT2D eigenvalue weighted by atomic mass is 32.1. The predicted molar refractivity (Wildman–Crippen MR) is 76.0 cm³/mol. The van der Waals surface area contributed by atoms with Crippen LogP contribution in [0.4, 0.5) is 5.95 Å². The Labute approximate surface area is 111 Å². The van der Waals surface area contributed by atoms with E-state index < -0.39 is 0 Å². The molecule has 2 N–H and O–H groups in total. The Morgan fingerprint density at radius 3 is 2.94 bits per heavy atom. The third-order valence-corrected chi connectivity index (χ3v) is 4.76. The van der Waals surface area contributed by atoms with Crippen molar-refractivity contribution in [2.75, 3.05) is 24.5 Å². The zero-order valence-electron chi connectivity index (χ0n) is 10.6. The second-order valence-electron chi connectivity index (χ2n) is 5.35. The summed E-state index contributed by atoms with van der Waals surface area (Å²) in [6, 6.07) is 2.06. The minimum absolute atomic E-state index is 0.295. The van der Waals surface area contributed by atoms with Crippen molar-refractivity contribution < 1.29 is 0 Å². The molecule has 96 valence electrons. The highest BCUT2D eigenvalue weighted by Gasteiger charge is 2.29. The average molecular weight is 262 g/mol. The number of hydrogen-bond donors (Lipinski definition) is 1. The van der Waals surface area contributed by atoms with Gasteiger partial charge in [0.25, 0.3) is 0 Å². The van der Waals surface area contributed by atoms with Crippen LogP contribution in [-0.2, 0) is 0 Å². The third-order valence-electron chi connectivity index (χ3n) is 3.94. The molecular formula is C13H18N4S. The van der Waals surface area contributed by atoms with E-state index in [9.17, 15) is 0 Å². The molecule has 1 saturated heterocycles. The first-order chi connectivity index (χ1) is 8.70. The lowest BCUT2D eigenvalue weighted by molar-refractivity contribution is 0.257. The number of nitrogens with two attached hydrogens (primary N) is 1. The first kappa shape index (κ1) is 11.9. The van der Waals surface area contributed by atoms with E-state index in [2.05, 4.69) is 33.2 Å². The van der Waals surface area contributed by atoms with Crippen molar-refractivity contribution >= 4 is 27.5 Å². The van der Waals surface area contributed by atoms with E-state index in [1.165, 1.54) is 0 Å². The van der Waals surface area contributed by atoms with Crippen molar-refractivity contribution in [3.8, 4) is 0 Å². The Bertz CT molecular complexity index is 543. The SMILES string of the molecule is CC1(CN)CCN(c2ncc3ccsc3n2)CC1. The average Bonchev–Trinajstić information content (AvgIpc) is 2.87. The van der Waals surface area contributed by atoms with E-state index in [0.717, 1.165) is 48.6 Å². The van der Waals surface area contributed by atoms with Gasteiger partial charge >= 0.3 is 0 Å². The first-order valence-electron chi connectivity index (χ1n) is 6.35. The van der Waals surface area contributed by atoms with Gasteiger partial charge in [0.1, 0.15) is 4.83 Å². The number of nitrogens with zero attached hydrogens (tertiary/aromatic N) is 3. The van der Waals surface area contributed by atoms with Crippen LogP contribution in [0, 0.1) is 5.41 Å². The minimum Gasteiger partial charge on any atom is -0.341 e. The van der Waals surface area contributed by atoms with E-state index in [1.54, 1.807) is 11.3 Å². The van der Waals surface area contributed by atoms with Gasteiger partial charge in [-0.15, -0.1) is 11.3 Å². The van der Waals surface area contributed by atoms with Crippen molar-refractivity contribution in [2.24, 2.45) is 11.1 Å². The molecule has 0 amide bonds. The van der Waals surface area contributed by atoms with Crippen molar-refractivity contribution in [3.05, 3.63) is 17.6 Å². The summed E-state index contributed by atoms with van der Waals surface area (Å²) in [7, 11) is 0. The summed E-state index contributed by atoms with van der Waals surface area (Å²) in [6.07, 6.45) is 4.16. The Morgan fingerprint density at radius 2 is 2.22 bits per heavy atom. The van der Waals surface area contributed by atoms with E-state index in [-0.39, 0.29) is 0 Å². The van der Waals surface area contributed by atoms with E-state index in [0.29, 0.717) is 5.41 Å². The van der Waals surface area contributed by atoms with Crippen molar-refractivity contribution in [3.63, 3.8) is 0 Å². The first-order valence-corrected chi connectivity index (χ1v) is 7.23. The normalized spacial score (nSPS) is 19.3. The molecule has 0 spiro atoms. The standard InChI is InChI=1S/C13H18N4S/c1-13(9-14)3-5-17(6-4-13)12-15-8-10-2-7-18-11(10)16-12/h2,7-8H,3-6,9,14H2,1H3. The monoisotopic (exact) mass is 262 g/mol. The van der Waals surface area contributed by atoms with E-state index in [4.69, 9.17) is 5.73 Å². The molecule has 0 unspecified atom stereocenters. The fourth-order valence-electron chi connectivity index (χ4n) is 2.35. The van der Waals surface area contributed by atoms with Gasteiger partial charge in [0.2, 0.25) is 5.95 Å². The molecule has 2 aromatic rings. The summed E-state index contributed by atoms with van der Waals surface area (Å²) in [4.78, 5) is 12.5. The Hall–Kier alpha value is -1.20. The molecule has 18 heavy (non-hydrogen) atoms. The van der Waals surface area contributed by atoms with Crippen LogP contribution in [0.15, 0.2) is 17.6 Å². The lowest BCUT2D eigenvalue weighted by Gasteiger charge is -2.38. The van der Waals surface area contributed by atoms with Crippen molar-refractivity contribution in [1.29, 1.82) is 0 Å². The van der Waals surface area contributed by atoms with Crippen molar-refractivity contribution in [1.82, 2.24) is 9.97 Å². The van der Waals surface area contributed by atoms with Crippen molar-refractivity contribution in [2.45, 2.75) is 19.8 Å². The third kappa shape index (κ3) is 2.08. The molecule has 0 radical (unpaired) electrons. The smallest absolute Gasteiger partial charge is 0.226 e. The number of anilines is 1. The Kier molecular flexibility index (Phi) is 2.95. The Balaban J connectivity index is 1.79. The molecule has 1 fully saturated rings. The summed E-state index contributed by atoms with van der Waals surface area (Å²) in [6.45, 7) is 5.05. The maximum Gasteiger partial charge on any atom is 0.226 e. The van der Waals surface area contributed by atoms with Gasteiger partial charge in [-0.3, -0.25) is 0 Å². The topological polar surface area (TPSA) is 55.0 Å². The molecule has 3 heterocycles. The van der Waals surface area contributed by atoms with Gasteiger partial charge in [-0.2, -0.15) is 0 Å². The predicted octanol–water partition coefficient (Wildman–Crippen LogP) is 2.26. The van der Waals surface area contributed by atoms with Gasteiger partial charge < -0.3 is 10.6 Å². The van der Waals surface area contributed by atoms with E-state index >= 15 is 0 Å². The van der Waals surface area contributed by atoms with Gasteiger partial charge in [-0.25, -0.2) is 9.97 Å². The zero-order valence-corrected chi connectivity index (χ0v) is 11.4. The molecular weight excluding hydrogens is 244 g/mol. The highest BCUT2D eigenvalue weighted by molar-refractivity contribution is 7.16. The second-order valence-corrected chi connectivity index (χ2v) is 6.25. The second kappa shape index (κ2) is 4.48. The maximum absolute atomic E-state index is 5.83. The van der Waals surface area contributed by atoms with Gasteiger partial charge in [-0.1, -0.05) is 6.92 Å². The zero-order chi connectivity index (χ0) is 12.6. The number of piperidine rings is 1. The largest absolute Gasteiger partial charge is 0.341 e. The van der Waals surface area contributed by atoms with Crippen LogP contribution >= 0.6 is 11.3 Å². The fraction of sp³-hybridized carbons (Fsp3) is 0.538. The van der Waals surface area contributed by atoms with Gasteiger partial charge in [0.05, 0.1) is 0 Å². The van der Waals surface area contributed by atoms with Crippen LogP contribution in [0.3, 0.4) is 0 Å². The number of fused-ring (bicyclic) bond motifs is 1. The fourth-order valence-corrected chi connectivity index (χ4v) is 3.09. The van der Waals surface area contributed by atoms with Crippen LogP contribution in [0.2, 0.25) is 0 Å². The molecule has 0 aliphatic carbocycles. The van der Waals surface area contributed by atoms with E-state index in [1.807, 2.05) is 6.20 Å². The van der Waals surface area contributed by atoms with Crippen LogP contribution in [0.1, 0.15) is 19.8 Å². The summed E-state index contributed by atoms with van der Waals surface area (Å²) in [5, 5.41) is 3.19. The molecule has 0 aromatic carbocycles. The molecule has 4 nitrogen and oxygen atoms in total. The molecule has 1 aliphatic rings. The van der Waals surface area contributed by atoms with Gasteiger partial charge in [0, 0.05) is 24.7 Å². The quantitative estimate of drug-likeness (QED) is 0.902. The summed E-state index contributed by atoms with van der Waals surface area (Å²) >= 11 is 1.67. The molecule has 0 bridgehead atoms. The van der Waals surface area contributed by atoms with Crippen LogP contribution in [0.5, 0.6) is 0 Å². The van der Waals surface area contributed by atoms with Crippen LogP contribution in [-0.4, -0.2) is 29.6 Å². The molecule has 0 saturated carbocycles. The molecule has 0 atom stereocenters. The minimum atomic E-state index is 0.295. The lowest BCUT2D eigenvalue weighted by atomic mass is 9.81. The summed E-state index contributed by atoms with van der Waals surface area (Å²) in [5.74, 6) is 0.865. The lowest BCUT2D eigenvalue weighted by Crippen LogP contribution is -2.42. The summed E-state index contributed by atoms with van der Waals surface area (Å²) in [5.41, 5.74) is 6.13. The maximum atomic E-state index is 5.83. The number of rotatable bonds is 2. The highest BCUT2D eigenvalue weighted by Crippen LogP contribution is 2.31.